The van der Waals surface area contributed by atoms with E-state index in [1.54, 1.807) is 0 Å². The van der Waals surface area contributed by atoms with E-state index in [0.29, 0.717) is 26.1 Å². The second kappa shape index (κ2) is 6.44. The molecule has 6 rings (SSSR count). The van der Waals surface area contributed by atoms with Gasteiger partial charge >= 0.3 is 6.03 Å². The maximum Gasteiger partial charge on any atom is 0.328 e. The summed E-state index contributed by atoms with van der Waals surface area (Å²) in [5.74, 6) is -0.0353. The lowest BCUT2D eigenvalue weighted by atomic mass is 9.76. The van der Waals surface area contributed by atoms with Crippen LogP contribution in [0.3, 0.4) is 0 Å². The van der Waals surface area contributed by atoms with Crippen LogP contribution in [0.5, 0.6) is 0 Å². The Balaban J connectivity index is 1.44. The fourth-order valence-electron chi connectivity index (χ4n) is 6.12. The smallest absolute Gasteiger partial charge is 0.328 e. The highest BCUT2D eigenvalue weighted by Crippen LogP contribution is 2.52. The van der Waals surface area contributed by atoms with Crippen LogP contribution in [0.1, 0.15) is 22.7 Å². The number of nitrogens with zero attached hydrogens (tertiary/aromatic N) is 4. The molecule has 0 aliphatic carbocycles. The Bertz CT molecular complexity index is 1220. The third kappa shape index (κ3) is 2.36. The maximum atomic E-state index is 13.9. The van der Waals surface area contributed by atoms with Crippen molar-refractivity contribution in [1.29, 1.82) is 0 Å². The third-order valence-corrected chi connectivity index (χ3v) is 7.54. The van der Waals surface area contributed by atoms with Crippen LogP contribution in [0, 0.1) is 0 Å². The number of para-hydroxylation sites is 1. The number of amides is 3. The molecule has 6 heteroatoms. The van der Waals surface area contributed by atoms with Crippen LogP contribution in [-0.2, 0) is 24.8 Å². The molecule has 0 bridgehead atoms. The van der Waals surface area contributed by atoms with Crippen LogP contribution in [0.25, 0.3) is 10.9 Å². The van der Waals surface area contributed by atoms with E-state index < -0.39 is 5.54 Å². The summed E-state index contributed by atoms with van der Waals surface area (Å²) in [5, 5.41) is 1.21. The monoisotopic (exact) mass is 414 g/mol. The van der Waals surface area contributed by atoms with Gasteiger partial charge in [0.15, 0.2) is 0 Å². The molecule has 4 heterocycles. The zero-order chi connectivity index (χ0) is 21.3. The van der Waals surface area contributed by atoms with Gasteiger partial charge in [0.1, 0.15) is 5.54 Å². The quantitative estimate of drug-likeness (QED) is 0.619. The molecule has 0 N–H and O–H groups in total. The van der Waals surface area contributed by atoms with Crippen LogP contribution < -0.4 is 0 Å². The van der Waals surface area contributed by atoms with Gasteiger partial charge < -0.3 is 14.4 Å². The molecule has 31 heavy (non-hydrogen) atoms. The van der Waals surface area contributed by atoms with Crippen LogP contribution in [-0.4, -0.2) is 63.4 Å². The number of rotatable bonds is 3. The van der Waals surface area contributed by atoms with E-state index in [9.17, 15) is 9.59 Å². The Morgan fingerprint density at radius 1 is 1.00 bits per heavy atom. The number of fused-ring (bicyclic) bond motifs is 4. The molecule has 1 spiro atoms. The predicted octanol–water partition coefficient (Wildman–Crippen LogP) is 2.97. The highest BCUT2D eigenvalue weighted by atomic mass is 16.2. The molecule has 0 unspecified atom stereocenters. The number of likely N-dealkylation sites (tertiary alicyclic amines) is 1. The Hall–Kier alpha value is -3.12. The van der Waals surface area contributed by atoms with E-state index >= 15 is 0 Å². The first kappa shape index (κ1) is 18.6. The standard InChI is InChI=1S/C25H26N4O2/c1-26-14-19-22-18-10-6-7-11-20(18)27(2)21(22)15-29-24(31)28(23(30)25(19,29)16-26)13-12-17-8-4-3-5-9-17/h3-11,19H,12-16H2,1-2H3/t19-,25-/m1/s1. The second-order valence-electron chi connectivity index (χ2n) is 9.17. The highest BCUT2D eigenvalue weighted by molar-refractivity contribution is 6.09. The van der Waals surface area contributed by atoms with Gasteiger partial charge in [0, 0.05) is 49.2 Å². The van der Waals surface area contributed by atoms with Gasteiger partial charge in [0.2, 0.25) is 0 Å². The third-order valence-electron chi connectivity index (χ3n) is 7.54. The second-order valence-corrected chi connectivity index (χ2v) is 9.17. The van der Waals surface area contributed by atoms with E-state index in [0.717, 1.165) is 17.8 Å². The molecule has 2 atom stereocenters. The number of urea groups is 1. The van der Waals surface area contributed by atoms with Crippen molar-refractivity contribution in [2.24, 2.45) is 7.05 Å². The van der Waals surface area contributed by atoms with Gasteiger partial charge in [-0.2, -0.15) is 0 Å². The molecule has 2 fully saturated rings. The molecule has 3 aliphatic heterocycles. The topological polar surface area (TPSA) is 48.8 Å². The Kier molecular flexibility index (Phi) is 3.87. The van der Waals surface area contributed by atoms with E-state index in [1.807, 2.05) is 41.3 Å². The highest BCUT2D eigenvalue weighted by Gasteiger charge is 2.67. The fourth-order valence-corrected chi connectivity index (χ4v) is 6.12. The van der Waals surface area contributed by atoms with Crippen molar-refractivity contribution in [3.05, 3.63) is 71.4 Å². The van der Waals surface area contributed by atoms with Gasteiger partial charge in [0.25, 0.3) is 5.91 Å². The van der Waals surface area contributed by atoms with Crippen LogP contribution in [0.4, 0.5) is 4.79 Å². The van der Waals surface area contributed by atoms with Crippen molar-refractivity contribution in [3.8, 4) is 0 Å². The fraction of sp³-hybridized carbons (Fsp3) is 0.360. The summed E-state index contributed by atoms with van der Waals surface area (Å²) in [7, 11) is 4.13. The van der Waals surface area contributed by atoms with Gasteiger partial charge in [-0.3, -0.25) is 9.69 Å². The molecular formula is C25H26N4O2. The predicted molar refractivity (Wildman–Crippen MR) is 119 cm³/mol. The van der Waals surface area contributed by atoms with Gasteiger partial charge in [-0.15, -0.1) is 0 Å². The minimum Gasteiger partial charge on any atom is -0.346 e. The molecule has 6 nitrogen and oxygen atoms in total. The Morgan fingerprint density at radius 2 is 1.74 bits per heavy atom. The summed E-state index contributed by atoms with van der Waals surface area (Å²) in [6, 6.07) is 18.3. The Labute approximate surface area is 181 Å². The average Bonchev–Trinajstić information content (AvgIpc) is 3.35. The van der Waals surface area contributed by atoms with E-state index in [4.69, 9.17) is 0 Å². The lowest BCUT2D eigenvalue weighted by Gasteiger charge is -2.40. The summed E-state index contributed by atoms with van der Waals surface area (Å²) in [6.07, 6.45) is 0.679. The van der Waals surface area contributed by atoms with Crippen LogP contribution >= 0.6 is 0 Å². The molecule has 0 saturated carbocycles. The molecular weight excluding hydrogens is 388 g/mol. The molecule has 0 radical (unpaired) electrons. The van der Waals surface area contributed by atoms with Gasteiger partial charge in [-0.05, 0) is 30.7 Å². The summed E-state index contributed by atoms with van der Waals surface area (Å²) >= 11 is 0. The summed E-state index contributed by atoms with van der Waals surface area (Å²) in [5.41, 5.74) is 3.92. The van der Waals surface area contributed by atoms with Crippen molar-refractivity contribution in [1.82, 2.24) is 19.3 Å². The number of imide groups is 1. The van der Waals surface area contributed by atoms with Gasteiger partial charge in [-0.1, -0.05) is 48.5 Å². The number of likely N-dealkylation sites (N-methyl/N-ethyl adjacent to an activating group) is 1. The lowest BCUT2D eigenvalue weighted by Crippen LogP contribution is -2.57. The van der Waals surface area contributed by atoms with Crippen LogP contribution in [0.15, 0.2) is 54.6 Å². The molecule has 3 aromatic rings. The van der Waals surface area contributed by atoms with E-state index in [1.165, 1.54) is 21.4 Å². The lowest BCUT2D eigenvalue weighted by molar-refractivity contribution is -0.133. The molecule has 2 aromatic carbocycles. The number of hydrogen-bond donors (Lipinski definition) is 0. The summed E-state index contributed by atoms with van der Waals surface area (Å²) < 4.78 is 2.21. The van der Waals surface area contributed by atoms with Gasteiger partial charge in [0.05, 0.1) is 6.54 Å². The average molecular weight is 415 g/mol. The summed E-state index contributed by atoms with van der Waals surface area (Å²) in [4.78, 5) is 33.0. The molecule has 3 amide bonds. The number of benzene rings is 2. The SMILES string of the molecule is CN1C[C@@H]2c3c(n(C)c4ccccc34)CN3C(=O)N(CCc4ccccc4)C(=O)[C@@]23C1. The number of hydrogen-bond acceptors (Lipinski definition) is 3. The minimum atomic E-state index is -0.792. The van der Waals surface area contributed by atoms with Crippen molar-refractivity contribution in [3.63, 3.8) is 0 Å². The van der Waals surface area contributed by atoms with Crippen molar-refractivity contribution in [2.45, 2.75) is 24.4 Å². The van der Waals surface area contributed by atoms with E-state index in [-0.39, 0.29) is 17.9 Å². The first-order valence-electron chi connectivity index (χ1n) is 10.9. The molecule has 1 aromatic heterocycles. The maximum absolute atomic E-state index is 13.9. The normalized spacial score (nSPS) is 25.3. The van der Waals surface area contributed by atoms with Crippen LogP contribution in [0.2, 0.25) is 0 Å². The number of aryl methyl sites for hydroxylation is 1. The van der Waals surface area contributed by atoms with Crippen molar-refractivity contribution >= 4 is 22.8 Å². The number of carbonyl (C=O) groups excluding carboxylic acids is 2. The minimum absolute atomic E-state index is 0.00877. The van der Waals surface area contributed by atoms with Gasteiger partial charge in [-0.25, -0.2) is 4.79 Å². The molecule has 2 saturated heterocycles. The van der Waals surface area contributed by atoms with E-state index in [2.05, 4.69) is 41.8 Å². The first-order valence-corrected chi connectivity index (χ1v) is 10.9. The zero-order valence-corrected chi connectivity index (χ0v) is 17.9. The number of aromatic nitrogens is 1. The zero-order valence-electron chi connectivity index (χ0n) is 17.9. The largest absolute Gasteiger partial charge is 0.346 e. The molecule has 158 valence electrons. The van der Waals surface area contributed by atoms with Crippen molar-refractivity contribution in [2.75, 3.05) is 26.7 Å². The summed E-state index contributed by atoms with van der Waals surface area (Å²) in [6.45, 7) is 2.28. The molecule has 3 aliphatic rings. The van der Waals surface area contributed by atoms with Crippen molar-refractivity contribution < 1.29 is 9.59 Å². The Morgan fingerprint density at radius 3 is 2.55 bits per heavy atom. The number of carbonyl (C=O) groups is 2. The first-order chi connectivity index (χ1) is 15.0.